The van der Waals surface area contributed by atoms with Gasteiger partial charge < -0.3 is 9.30 Å². The molecule has 94 valence electrons. The highest BCUT2D eigenvalue weighted by Crippen LogP contribution is 2.28. The Balaban J connectivity index is 2.05. The van der Waals surface area contributed by atoms with Gasteiger partial charge in [0.05, 0.1) is 24.8 Å². The molecule has 0 aliphatic heterocycles. The van der Waals surface area contributed by atoms with Gasteiger partial charge in [0, 0.05) is 7.05 Å². The van der Waals surface area contributed by atoms with Crippen molar-refractivity contribution in [3.8, 4) is 0 Å². The number of nitrogens with zero attached hydrogens (tertiary/aromatic N) is 2. The number of esters is 1. The van der Waals surface area contributed by atoms with Crippen molar-refractivity contribution in [3.63, 3.8) is 0 Å². The first-order valence-electron chi connectivity index (χ1n) is 6.08. The zero-order valence-corrected chi connectivity index (χ0v) is 10.3. The molecular weight excluding hydrogens is 218 g/mol. The van der Waals surface area contributed by atoms with E-state index in [-0.39, 0.29) is 5.97 Å². The van der Waals surface area contributed by atoms with Crippen LogP contribution in [0, 0.1) is 5.92 Å². The second-order valence-electron chi connectivity index (χ2n) is 4.47. The summed E-state index contributed by atoms with van der Waals surface area (Å²) >= 11 is 0. The minimum absolute atomic E-state index is 0.225. The summed E-state index contributed by atoms with van der Waals surface area (Å²) in [6.07, 6.45) is 5.92. The minimum Gasteiger partial charge on any atom is -0.465 e. The predicted octanol–water partition coefficient (Wildman–Crippen LogP) is 1.02. The van der Waals surface area contributed by atoms with Crippen molar-refractivity contribution in [1.29, 1.82) is 0 Å². The van der Waals surface area contributed by atoms with Gasteiger partial charge in [0.25, 0.3) is 0 Å². The Morgan fingerprint density at radius 3 is 3.00 bits per heavy atom. The summed E-state index contributed by atoms with van der Waals surface area (Å²) in [5, 5.41) is 3.27. The van der Waals surface area contributed by atoms with Crippen molar-refractivity contribution in [2.75, 3.05) is 13.2 Å². The monoisotopic (exact) mass is 237 g/mol. The van der Waals surface area contributed by atoms with Gasteiger partial charge in [-0.15, -0.1) is 0 Å². The van der Waals surface area contributed by atoms with Crippen molar-refractivity contribution in [1.82, 2.24) is 14.9 Å². The van der Waals surface area contributed by atoms with Crippen LogP contribution in [0.4, 0.5) is 0 Å². The molecule has 1 aromatic rings. The number of aromatic nitrogens is 2. The van der Waals surface area contributed by atoms with E-state index in [1.54, 1.807) is 12.5 Å². The summed E-state index contributed by atoms with van der Waals surface area (Å²) in [4.78, 5) is 15.9. The second-order valence-corrected chi connectivity index (χ2v) is 4.47. The van der Waals surface area contributed by atoms with Gasteiger partial charge in [-0.3, -0.25) is 5.32 Å². The van der Waals surface area contributed by atoms with Crippen molar-refractivity contribution in [2.24, 2.45) is 13.0 Å². The first kappa shape index (κ1) is 12.1. The van der Waals surface area contributed by atoms with Crippen LogP contribution >= 0.6 is 0 Å². The van der Waals surface area contributed by atoms with Gasteiger partial charge in [-0.25, -0.2) is 9.78 Å². The van der Waals surface area contributed by atoms with E-state index in [1.807, 2.05) is 18.5 Å². The number of hydrogen-bond donors (Lipinski definition) is 1. The molecule has 1 heterocycles. The van der Waals surface area contributed by atoms with Crippen LogP contribution in [0.1, 0.15) is 31.5 Å². The van der Waals surface area contributed by atoms with Crippen LogP contribution in [-0.2, 0) is 16.6 Å². The Labute approximate surface area is 101 Å². The molecule has 0 spiro atoms. The molecule has 1 atom stereocenters. The average Bonchev–Trinajstić information content (AvgIpc) is 3.03. The number of carbonyl (C=O) groups is 1. The Bertz CT molecular complexity index is 385. The molecule has 0 amide bonds. The van der Waals surface area contributed by atoms with E-state index >= 15 is 0 Å². The molecule has 1 saturated carbocycles. The summed E-state index contributed by atoms with van der Waals surface area (Å²) in [5.74, 6) is 0.497. The van der Waals surface area contributed by atoms with E-state index in [0.717, 1.165) is 18.2 Å². The third-order valence-electron chi connectivity index (χ3n) is 2.98. The van der Waals surface area contributed by atoms with E-state index in [4.69, 9.17) is 4.74 Å². The average molecular weight is 237 g/mol. The Hall–Kier alpha value is -1.36. The highest BCUT2D eigenvalue weighted by molar-refractivity contribution is 5.77. The molecule has 17 heavy (non-hydrogen) atoms. The molecule has 1 aliphatic carbocycles. The first-order chi connectivity index (χ1) is 8.22. The molecule has 5 nitrogen and oxygen atoms in total. The number of carbonyl (C=O) groups excluding carboxylic acids is 1. The molecule has 0 saturated heterocycles. The summed E-state index contributed by atoms with van der Waals surface area (Å²) in [6.45, 7) is 3.09. The molecule has 1 N–H and O–H groups in total. The van der Waals surface area contributed by atoms with Gasteiger partial charge in [0.2, 0.25) is 0 Å². The standard InChI is InChI=1S/C12H19N3O2/c1-3-17-12(16)11(14-6-9-4-5-9)10-7-13-8-15(10)2/h7-9,11,14H,3-6H2,1-2H3. The number of nitrogens with one attached hydrogen (secondary N) is 1. The maximum absolute atomic E-state index is 11.9. The largest absolute Gasteiger partial charge is 0.465 e. The third kappa shape index (κ3) is 3.06. The molecule has 1 aliphatic rings. The lowest BCUT2D eigenvalue weighted by Gasteiger charge is -2.17. The van der Waals surface area contributed by atoms with Gasteiger partial charge in [0.1, 0.15) is 6.04 Å². The molecule has 0 bridgehead atoms. The molecule has 5 heteroatoms. The summed E-state index contributed by atoms with van der Waals surface area (Å²) in [5.41, 5.74) is 0.851. The van der Waals surface area contributed by atoms with Gasteiger partial charge >= 0.3 is 5.97 Å². The van der Waals surface area contributed by atoms with E-state index in [9.17, 15) is 4.79 Å². The molecule has 2 rings (SSSR count). The van der Waals surface area contributed by atoms with Crippen LogP contribution in [0.3, 0.4) is 0 Å². The SMILES string of the molecule is CCOC(=O)C(NCC1CC1)c1cncn1C. The van der Waals surface area contributed by atoms with Crippen LogP contribution in [0.15, 0.2) is 12.5 Å². The maximum atomic E-state index is 11.9. The summed E-state index contributed by atoms with van der Waals surface area (Å²) in [6, 6.07) is -0.400. The number of aryl methyl sites for hydroxylation is 1. The molecule has 1 unspecified atom stereocenters. The minimum atomic E-state index is -0.400. The maximum Gasteiger partial charge on any atom is 0.329 e. The zero-order valence-electron chi connectivity index (χ0n) is 10.3. The molecule has 0 aromatic carbocycles. The smallest absolute Gasteiger partial charge is 0.329 e. The number of ether oxygens (including phenoxy) is 1. The quantitative estimate of drug-likeness (QED) is 0.751. The van der Waals surface area contributed by atoms with E-state index in [1.165, 1.54) is 12.8 Å². The lowest BCUT2D eigenvalue weighted by atomic mass is 10.2. The van der Waals surface area contributed by atoms with Gasteiger partial charge in [-0.05, 0) is 32.2 Å². The highest BCUT2D eigenvalue weighted by Gasteiger charge is 2.28. The molecule has 1 aromatic heterocycles. The Morgan fingerprint density at radius 2 is 2.47 bits per heavy atom. The van der Waals surface area contributed by atoms with E-state index < -0.39 is 6.04 Å². The van der Waals surface area contributed by atoms with Crippen molar-refractivity contribution >= 4 is 5.97 Å². The van der Waals surface area contributed by atoms with Crippen LogP contribution in [0.25, 0.3) is 0 Å². The number of imidazole rings is 1. The zero-order chi connectivity index (χ0) is 12.3. The van der Waals surface area contributed by atoms with Crippen LogP contribution < -0.4 is 5.32 Å². The summed E-state index contributed by atoms with van der Waals surface area (Å²) < 4.78 is 6.94. The number of hydrogen-bond acceptors (Lipinski definition) is 4. The predicted molar refractivity (Wildman–Crippen MR) is 63.3 cm³/mol. The Kier molecular flexibility index (Phi) is 3.78. The van der Waals surface area contributed by atoms with Gasteiger partial charge in [0.15, 0.2) is 0 Å². The third-order valence-corrected chi connectivity index (χ3v) is 2.98. The van der Waals surface area contributed by atoms with E-state index in [2.05, 4.69) is 10.3 Å². The van der Waals surface area contributed by atoms with Crippen molar-refractivity contribution in [3.05, 3.63) is 18.2 Å². The lowest BCUT2D eigenvalue weighted by molar-refractivity contribution is -0.146. The fraction of sp³-hybridized carbons (Fsp3) is 0.667. The van der Waals surface area contributed by atoms with Crippen molar-refractivity contribution in [2.45, 2.75) is 25.8 Å². The normalized spacial score (nSPS) is 16.8. The topological polar surface area (TPSA) is 56.1 Å². The molecular formula is C12H19N3O2. The van der Waals surface area contributed by atoms with Crippen LogP contribution in [0.2, 0.25) is 0 Å². The van der Waals surface area contributed by atoms with Gasteiger partial charge in [-0.2, -0.15) is 0 Å². The van der Waals surface area contributed by atoms with Crippen LogP contribution in [0.5, 0.6) is 0 Å². The first-order valence-corrected chi connectivity index (χ1v) is 6.08. The molecule has 1 fully saturated rings. The van der Waals surface area contributed by atoms with E-state index in [0.29, 0.717) is 6.61 Å². The fourth-order valence-electron chi connectivity index (χ4n) is 1.79. The Morgan fingerprint density at radius 1 is 1.71 bits per heavy atom. The van der Waals surface area contributed by atoms with Crippen molar-refractivity contribution < 1.29 is 9.53 Å². The summed E-state index contributed by atoms with van der Waals surface area (Å²) in [7, 11) is 1.88. The van der Waals surface area contributed by atoms with Crippen LogP contribution in [-0.4, -0.2) is 28.7 Å². The fourth-order valence-corrected chi connectivity index (χ4v) is 1.79. The molecule has 0 radical (unpaired) electrons. The number of rotatable bonds is 6. The second kappa shape index (κ2) is 5.31. The van der Waals surface area contributed by atoms with Gasteiger partial charge in [-0.1, -0.05) is 0 Å². The highest BCUT2D eigenvalue weighted by atomic mass is 16.5. The lowest BCUT2D eigenvalue weighted by Crippen LogP contribution is -2.33.